The molecule has 0 amide bonds. The number of pyridine rings is 2. The molecule has 0 spiro atoms. The van der Waals surface area contributed by atoms with E-state index in [9.17, 15) is 0 Å². The summed E-state index contributed by atoms with van der Waals surface area (Å²) in [6.45, 7) is 0. The number of nitrogens with one attached hydrogen (secondary N) is 1. The Balaban J connectivity index is 1.97. The Morgan fingerprint density at radius 2 is 1.48 bits per heavy atom. The van der Waals surface area contributed by atoms with Gasteiger partial charge >= 0.3 is 0 Å². The molecule has 0 atom stereocenters. The van der Waals surface area contributed by atoms with Crippen molar-refractivity contribution in [2.45, 2.75) is 0 Å². The van der Waals surface area contributed by atoms with Gasteiger partial charge in [-0.15, -0.1) is 0 Å². The highest BCUT2D eigenvalue weighted by atomic mass is 14.9. The van der Waals surface area contributed by atoms with Crippen molar-refractivity contribution in [3.63, 3.8) is 0 Å². The van der Waals surface area contributed by atoms with Gasteiger partial charge in [-0.2, -0.15) is 0 Å². The number of aromatic nitrogens is 2. The van der Waals surface area contributed by atoms with Crippen LogP contribution in [0.3, 0.4) is 0 Å². The Kier molecular flexibility index (Phi) is 4.03. The molecule has 3 aromatic rings. The predicted molar refractivity (Wildman–Crippen MR) is 86.4 cm³/mol. The summed E-state index contributed by atoms with van der Waals surface area (Å²) < 4.78 is 0. The van der Waals surface area contributed by atoms with E-state index in [1.54, 1.807) is 12.4 Å². The standard InChI is InChI=1S/C18H15N3/c1-2-8-15(9-3-1)21-18(17-11-5-7-13-20-17)14-16-10-4-6-12-19-16/h1-14,21H/b18-14-. The van der Waals surface area contributed by atoms with Gasteiger partial charge in [0.2, 0.25) is 0 Å². The van der Waals surface area contributed by atoms with E-state index in [2.05, 4.69) is 15.3 Å². The maximum Gasteiger partial charge on any atom is 0.0865 e. The molecule has 0 radical (unpaired) electrons. The van der Waals surface area contributed by atoms with Crippen LogP contribution in [-0.2, 0) is 0 Å². The Morgan fingerprint density at radius 1 is 0.762 bits per heavy atom. The van der Waals surface area contributed by atoms with Crippen LogP contribution in [-0.4, -0.2) is 9.97 Å². The van der Waals surface area contributed by atoms with E-state index < -0.39 is 0 Å². The van der Waals surface area contributed by atoms with E-state index in [4.69, 9.17) is 0 Å². The third-order valence-electron chi connectivity index (χ3n) is 2.97. The molecule has 2 heterocycles. The van der Waals surface area contributed by atoms with Gasteiger partial charge in [-0.1, -0.05) is 30.3 Å². The van der Waals surface area contributed by atoms with Crippen LogP contribution in [0.4, 0.5) is 5.69 Å². The lowest BCUT2D eigenvalue weighted by molar-refractivity contribution is 1.26. The zero-order valence-corrected chi connectivity index (χ0v) is 11.5. The number of benzene rings is 1. The molecule has 0 bridgehead atoms. The van der Waals surface area contributed by atoms with Gasteiger partial charge in [-0.05, 0) is 42.5 Å². The lowest BCUT2D eigenvalue weighted by Gasteiger charge is -2.10. The fraction of sp³-hybridized carbons (Fsp3) is 0. The molecule has 0 aliphatic carbocycles. The highest BCUT2D eigenvalue weighted by molar-refractivity contribution is 5.86. The van der Waals surface area contributed by atoms with Crippen molar-refractivity contribution >= 4 is 17.5 Å². The molecule has 0 fully saturated rings. The molecule has 0 saturated heterocycles. The summed E-state index contributed by atoms with van der Waals surface area (Å²) in [4.78, 5) is 8.75. The van der Waals surface area contributed by atoms with E-state index in [1.807, 2.05) is 72.8 Å². The molecule has 0 saturated carbocycles. The van der Waals surface area contributed by atoms with Crippen molar-refractivity contribution in [1.82, 2.24) is 9.97 Å². The van der Waals surface area contributed by atoms with E-state index in [0.29, 0.717) is 0 Å². The summed E-state index contributed by atoms with van der Waals surface area (Å²) in [5.41, 5.74) is 3.71. The molecule has 1 N–H and O–H groups in total. The normalized spacial score (nSPS) is 11.1. The first kappa shape index (κ1) is 13.1. The second-order valence-corrected chi connectivity index (χ2v) is 4.52. The highest BCUT2D eigenvalue weighted by Gasteiger charge is 2.04. The van der Waals surface area contributed by atoms with Gasteiger partial charge in [0, 0.05) is 18.1 Å². The Morgan fingerprint density at radius 3 is 2.14 bits per heavy atom. The molecule has 2 aromatic heterocycles. The summed E-state index contributed by atoms with van der Waals surface area (Å²) in [5.74, 6) is 0. The predicted octanol–water partition coefficient (Wildman–Crippen LogP) is 4.09. The number of hydrogen-bond acceptors (Lipinski definition) is 3. The Labute approximate surface area is 124 Å². The van der Waals surface area contributed by atoms with Crippen LogP contribution >= 0.6 is 0 Å². The van der Waals surface area contributed by atoms with Crippen molar-refractivity contribution in [3.8, 4) is 0 Å². The molecule has 0 aliphatic rings. The molecule has 21 heavy (non-hydrogen) atoms. The number of rotatable bonds is 4. The molecule has 3 nitrogen and oxygen atoms in total. The third-order valence-corrected chi connectivity index (χ3v) is 2.97. The van der Waals surface area contributed by atoms with Gasteiger partial charge in [0.1, 0.15) is 0 Å². The summed E-state index contributed by atoms with van der Waals surface area (Å²) in [5, 5.41) is 3.40. The molecule has 0 aliphatic heterocycles. The minimum absolute atomic E-state index is 0.881. The molecule has 1 aromatic carbocycles. The fourth-order valence-corrected chi connectivity index (χ4v) is 1.98. The number of nitrogens with zero attached hydrogens (tertiary/aromatic N) is 2. The quantitative estimate of drug-likeness (QED) is 0.778. The number of anilines is 1. The van der Waals surface area contributed by atoms with Crippen molar-refractivity contribution in [1.29, 1.82) is 0 Å². The van der Waals surface area contributed by atoms with Crippen LogP contribution in [0.5, 0.6) is 0 Å². The Hall–Kier alpha value is -2.94. The topological polar surface area (TPSA) is 37.8 Å². The molecular weight excluding hydrogens is 258 g/mol. The summed E-state index contributed by atoms with van der Waals surface area (Å²) in [7, 11) is 0. The molecule has 3 rings (SSSR count). The first-order valence-corrected chi connectivity index (χ1v) is 6.78. The first-order valence-electron chi connectivity index (χ1n) is 6.78. The maximum atomic E-state index is 4.41. The van der Waals surface area contributed by atoms with Crippen LogP contribution in [0.15, 0.2) is 79.1 Å². The van der Waals surface area contributed by atoms with Crippen LogP contribution in [0, 0.1) is 0 Å². The average Bonchev–Trinajstić information content (AvgIpc) is 2.57. The van der Waals surface area contributed by atoms with Crippen LogP contribution in [0.2, 0.25) is 0 Å². The maximum absolute atomic E-state index is 4.41. The van der Waals surface area contributed by atoms with E-state index in [-0.39, 0.29) is 0 Å². The lowest BCUT2D eigenvalue weighted by atomic mass is 10.2. The minimum Gasteiger partial charge on any atom is -0.354 e. The molecule has 3 heteroatoms. The van der Waals surface area contributed by atoms with Crippen molar-refractivity contribution in [2.24, 2.45) is 0 Å². The fourth-order valence-electron chi connectivity index (χ4n) is 1.98. The average molecular weight is 273 g/mol. The van der Waals surface area contributed by atoms with Gasteiger partial charge in [-0.3, -0.25) is 9.97 Å². The zero-order valence-electron chi connectivity index (χ0n) is 11.5. The van der Waals surface area contributed by atoms with Gasteiger partial charge < -0.3 is 5.32 Å². The van der Waals surface area contributed by atoms with E-state index in [0.717, 1.165) is 22.8 Å². The molecule has 102 valence electrons. The number of para-hydroxylation sites is 1. The van der Waals surface area contributed by atoms with Crippen LogP contribution in [0.1, 0.15) is 11.4 Å². The number of hydrogen-bond donors (Lipinski definition) is 1. The Bertz CT molecular complexity index is 707. The third kappa shape index (κ3) is 3.54. The first-order chi connectivity index (χ1) is 10.4. The second-order valence-electron chi connectivity index (χ2n) is 4.52. The van der Waals surface area contributed by atoms with Crippen molar-refractivity contribution in [2.75, 3.05) is 5.32 Å². The lowest BCUT2D eigenvalue weighted by Crippen LogP contribution is -2.01. The van der Waals surface area contributed by atoms with Gasteiger partial charge in [0.05, 0.1) is 17.1 Å². The molecular formula is C18H15N3. The van der Waals surface area contributed by atoms with Gasteiger partial charge in [0.25, 0.3) is 0 Å². The zero-order chi connectivity index (χ0) is 14.3. The van der Waals surface area contributed by atoms with E-state index in [1.165, 1.54) is 0 Å². The van der Waals surface area contributed by atoms with Crippen LogP contribution < -0.4 is 5.32 Å². The largest absolute Gasteiger partial charge is 0.354 e. The smallest absolute Gasteiger partial charge is 0.0865 e. The minimum atomic E-state index is 0.881. The van der Waals surface area contributed by atoms with Crippen molar-refractivity contribution < 1.29 is 0 Å². The van der Waals surface area contributed by atoms with Gasteiger partial charge in [-0.25, -0.2) is 0 Å². The second kappa shape index (κ2) is 6.48. The monoisotopic (exact) mass is 273 g/mol. The van der Waals surface area contributed by atoms with Crippen LogP contribution in [0.25, 0.3) is 11.8 Å². The SMILES string of the molecule is C(=C(/Nc1ccccc1)c1ccccn1)/c1ccccn1. The van der Waals surface area contributed by atoms with E-state index >= 15 is 0 Å². The summed E-state index contributed by atoms with van der Waals surface area (Å²) in [6, 6.07) is 21.7. The van der Waals surface area contributed by atoms with Gasteiger partial charge in [0.15, 0.2) is 0 Å². The highest BCUT2D eigenvalue weighted by Crippen LogP contribution is 2.18. The summed E-state index contributed by atoms with van der Waals surface area (Å²) in [6.07, 6.45) is 5.56. The molecule has 0 unspecified atom stereocenters. The summed E-state index contributed by atoms with van der Waals surface area (Å²) >= 11 is 0. The van der Waals surface area contributed by atoms with Crippen molar-refractivity contribution in [3.05, 3.63) is 90.5 Å².